The van der Waals surface area contributed by atoms with Crippen molar-refractivity contribution in [2.45, 2.75) is 71.3 Å². The van der Waals surface area contributed by atoms with Gasteiger partial charge in [0, 0.05) is 44.8 Å². The SMILES string of the molecule is CCOCCCN1CC[C@H](NC(=O)C2CCCCCC2)[C@H](C)C1. The van der Waals surface area contributed by atoms with E-state index in [1.807, 2.05) is 6.92 Å². The van der Waals surface area contributed by atoms with Crippen LogP contribution in [0.1, 0.15) is 65.2 Å². The Kier molecular flexibility index (Phi) is 8.38. The smallest absolute Gasteiger partial charge is 0.223 e. The van der Waals surface area contributed by atoms with Crippen LogP contribution in [0.5, 0.6) is 0 Å². The van der Waals surface area contributed by atoms with Crippen LogP contribution in [0.4, 0.5) is 0 Å². The fraction of sp³-hybridized carbons (Fsp3) is 0.947. The van der Waals surface area contributed by atoms with Crippen LogP contribution in [0.2, 0.25) is 0 Å². The molecule has 1 N–H and O–H groups in total. The van der Waals surface area contributed by atoms with Crippen LogP contribution in [0, 0.1) is 11.8 Å². The molecule has 0 aromatic rings. The molecule has 23 heavy (non-hydrogen) atoms. The lowest BCUT2D eigenvalue weighted by Gasteiger charge is -2.37. The molecule has 2 fully saturated rings. The predicted octanol–water partition coefficient (Wildman–Crippen LogP) is 3.21. The summed E-state index contributed by atoms with van der Waals surface area (Å²) in [5, 5.41) is 3.37. The number of hydrogen-bond donors (Lipinski definition) is 1. The van der Waals surface area contributed by atoms with Crippen LogP contribution >= 0.6 is 0 Å². The van der Waals surface area contributed by atoms with E-state index in [-0.39, 0.29) is 5.92 Å². The molecule has 1 saturated heterocycles. The highest BCUT2D eigenvalue weighted by Gasteiger charge is 2.29. The number of piperidine rings is 1. The van der Waals surface area contributed by atoms with E-state index in [4.69, 9.17) is 4.74 Å². The highest BCUT2D eigenvalue weighted by atomic mass is 16.5. The maximum Gasteiger partial charge on any atom is 0.223 e. The zero-order valence-electron chi connectivity index (χ0n) is 15.2. The molecule has 2 rings (SSSR count). The Labute approximate surface area is 142 Å². The number of carbonyl (C=O) groups is 1. The number of likely N-dealkylation sites (tertiary alicyclic amines) is 1. The van der Waals surface area contributed by atoms with Gasteiger partial charge in [-0.25, -0.2) is 0 Å². The second-order valence-corrected chi connectivity index (χ2v) is 7.42. The van der Waals surface area contributed by atoms with Crippen molar-refractivity contribution >= 4 is 5.91 Å². The molecule has 1 amide bonds. The highest BCUT2D eigenvalue weighted by Crippen LogP contribution is 2.24. The summed E-state index contributed by atoms with van der Waals surface area (Å²) >= 11 is 0. The van der Waals surface area contributed by atoms with E-state index < -0.39 is 0 Å². The van der Waals surface area contributed by atoms with Gasteiger partial charge in [0.1, 0.15) is 0 Å². The molecule has 2 aliphatic rings. The number of ether oxygens (including phenoxy) is 1. The lowest BCUT2D eigenvalue weighted by Crippen LogP contribution is -2.51. The monoisotopic (exact) mass is 324 g/mol. The van der Waals surface area contributed by atoms with Crippen LogP contribution in [-0.2, 0) is 9.53 Å². The van der Waals surface area contributed by atoms with Crippen LogP contribution in [-0.4, -0.2) is 49.7 Å². The van der Waals surface area contributed by atoms with Gasteiger partial charge in [-0.2, -0.15) is 0 Å². The van der Waals surface area contributed by atoms with E-state index in [9.17, 15) is 4.79 Å². The maximum absolute atomic E-state index is 12.5. The molecule has 1 aliphatic heterocycles. The van der Waals surface area contributed by atoms with Gasteiger partial charge in [0.05, 0.1) is 0 Å². The first-order chi connectivity index (χ1) is 11.2. The molecule has 1 aliphatic carbocycles. The fourth-order valence-corrected chi connectivity index (χ4v) is 4.03. The van der Waals surface area contributed by atoms with Crippen LogP contribution in [0.25, 0.3) is 0 Å². The summed E-state index contributed by atoms with van der Waals surface area (Å²) in [4.78, 5) is 15.1. The van der Waals surface area contributed by atoms with Crippen molar-refractivity contribution in [3.05, 3.63) is 0 Å². The Morgan fingerprint density at radius 1 is 1.17 bits per heavy atom. The van der Waals surface area contributed by atoms with E-state index >= 15 is 0 Å². The van der Waals surface area contributed by atoms with Crippen molar-refractivity contribution in [2.24, 2.45) is 11.8 Å². The van der Waals surface area contributed by atoms with E-state index in [0.717, 1.165) is 58.5 Å². The minimum Gasteiger partial charge on any atom is -0.382 e. The van der Waals surface area contributed by atoms with Gasteiger partial charge in [0.15, 0.2) is 0 Å². The number of nitrogens with zero attached hydrogens (tertiary/aromatic N) is 1. The van der Waals surface area contributed by atoms with Gasteiger partial charge in [0.2, 0.25) is 5.91 Å². The van der Waals surface area contributed by atoms with E-state index in [2.05, 4.69) is 17.1 Å². The number of nitrogens with one attached hydrogen (secondary N) is 1. The topological polar surface area (TPSA) is 41.6 Å². The Morgan fingerprint density at radius 2 is 1.91 bits per heavy atom. The quantitative estimate of drug-likeness (QED) is 0.577. The molecular formula is C19H36N2O2. The number of amides is 1. The molecule has 0 aromatic carbocycles. The number of hydrogen-bond acceptors (Lipinski definition) is 3. The lowest BCUT2D eigenvalue weighted by atomic mass is 9.92. The van der Waals surface area contributed by atoms with E-state index in [1.54, 1.807) is 0 Å². The van der Waals surface area contributed by atoms with Crippen molar-refractivity contribution in [1.29, 1.82) is 0 Å². The molecule has 0 radical (unpaired) electrons. The molecule has 4 heteroatoms. The Balaban J connectivity index is 1.69. The Bertz CT molecular complexity index is 340. The maximum atomic E-state index is 12.5. The molecule has 0 aromatic heterocycles. The third-order valence-electron chi connectivity index (χ3n) is 5.51. The third kappa shape index (κ3) is 6.42. The van der Waals surface area contributed by atoms with Crippen molar-refractivity contribution in [1.82, 2.24) is 10.2 Å². The van der Waals surface area contributed by atoms with Crippen LogP contribution in [0.15, 0.2) is 0 Å². The normalized spacial score (nSPS) is 27.6. The molecule has 0 spiro atoms. The molecule has 134 valence electrons. The molecule has 0 bridgehead atoms. The van der Waals surface area contributed by atoms with Gasteiger partial charge in [-0.1, -0.05) is 32.6 Å². The van der Waals surface area contributed by atoms with Crippen molar-refractivity contribution in [2.75, 3.05) is 32.8 Å². The summed E-state index contributed by atoms with van der Waals surface area (Å²) in [5.41, 5.74) is 0. The van der Waals surface area contributed by atoms with Gasteiger partial charge in [-0.3, -0.25) is 4.79 Å². The minimum absolute atomic E-state index is 0.272. The zero-order valence-corrected chi connectivity index (χ0v) is 15.2. The predicted molar refractivity (Wildman–Crippen MR) is 94.5 cm³/mol. The Morgan fingerprint density at radius 3 is 2.57 bits per heavy atom. The largest absolute Gasteiger partial charge is 0.382 e. The average molecular weight is 325 g/mol. The zero-order chi connectivity index (χ0) is 16.5. The Hall–Kier alpha value is -0.610. The molecule has 0 unspecified atom stereocenters. The minimum atomic E-state index is 0.272. The van der Waals surface area contributed by atoms with Crippen LogP contribution < -0.4 is 5.32 Å². The first kappa shape index (κ1) is 18.7. The number of rotatable bonds is 7. The summed E-state index contributed by atoms with van der Waals surface area (Å²) in [6.07, 6.45) is 9.46. The van der Waals surface area contributed by atoms with Gasteiger partial charge < -0.3 is 15.0 Å². The molecular weight excluding hydrogens is 288 g/mol. The molecule has 2 atom stereocenters. The highest BCUT2D eigenvalue weighted by molar-refractivity contribution is 5.79. The van der Waals surface area contributed by atoms with Crippen molar-refractivity contribution in [3.63, 3.8) is 0 Å². The standard InChI is InChI=1S/C19H36N2O2/c1-3-23-14-8-12-21-13-11-18(16(2)15-21)20-19(22)17-9-6-4-5-7-10-17/h16-18H,3-15H2,1-2H3,(H,20,22)/t16-,18+/m1/s1. The number of carbonyl (C=O) groups excluding carboxylic acids is 1. The molecule has 1 saturated carbocycles. The van der Waals surface area contributed by atoms with Crippen LogP contribution in [0.3, 0.4) is 0 Å². The van der Waals surface area contributed by atoms with E-state index in [0.29, 0.717) is 17.9 Å². The summed E-state index contributed by atoms with van der Waals surface area (Å²) in [6.45, 7) is 9.33. The summed E-state index contributed by atoms with van der Waals surface area (Å²) in [7, 11) is 0. The van der Waals surface area contributed by atoms with E-state index in [1.165, 1.54) is 25.7 Å². The second-order valence-electron chi connectivity index (χ2n) is 7.42. The summed E-state index contributed by atoms with van der Waals surface area (Å²) < 4.78 is 5.42. The van der Waals surface area contributed by atoms with Gasteiger partial charge in [-0.15, -0.1) is 0 Å². The first-order valence-electron chi connectivity index (χ1n) is 9.81. The van der Waals surface area contributed by atoms with Crippen molar-refractivity contribution < 1.29 is 9.53 Å². The summed E-state index contributed by atoms with van der Waals surface area (Å²) in [6, 6.07) is 0.369. The van der Waals surface area contributed by atoms with Gasteiger partial charge in [-0.05, 0) is 38.5 Å². The molecule has 1 heterocycles. The average Bonchev–Trinajstić information content (AvgIpc) is 2.83. The first-order valence-corrected chi connectivity index (χ1v) is 9.81. The molecule has 4 nitrogen and oxygen atoms in total. The fourth-order valence-electron chi connectivity index (χ4n) is 4.03. The van der Waals surface area contributed by atoms with Gasteiger partial charge in [0.25, 0.3) is 0 Å². The summed E-state index contributed by atoms with van der Waals surface area (Å²) in [5.74, 6) is 1.15. The lowest BCUT2D eigenvalue weighted by molar-refractivity contribution is -0.126. The second kappa shape index (κ2) is 10.3. The van der Waals surface area contributed by atoms with Gasteiger partial charge >= 0.3 is 0 Å². The van der Waals surface area contributed by atoms with Crippen molar-refractivity contribution in [3.8, 4) is 0 Å². The third-order valence-corrected chi connectivity index (χ3v) is 5.51.